The monoisotopic (exact) mass is 392 g/mol. The van der Waals surface area contributed by atoms with Crippen LogP contribution in [0.4, 0.5) is 0 Å². The molecule has 2 unspecified atom stereocenters. The summed E-state index contributed by atoms with van der Waals surface area (Å²) in [5.41, 5.74) is 0.797. The number of thiophene rings is 1. The second-order valence-electron chi connectivity index (χ2n) is 4.83. The van der Waals surface area contributed by atoms with Gasteiger partial charge in [-0.3, -0.25) is 4.79 Å². The standard InChI is InChI=1S/C12H14Br2N2OS/c13-10-5-9(11(14)18-10)12(17)16-7-1-2-8(16)6-15-4-3-7/h5,7-8,15H,1-4,6H2. The fraction of sp³-hybridized carbons (Fsp3) is 0.583. The third-order valence-corrected chi connectivity index (χ3v) is 6.12. The van der Waals surface area contributed by atoms with Crippen LogP contribution in [0.25, 0.3) is 0 Å². The molecule has 3 heterocycles. The van der Waals surface area contributed by atoms with Crippen molar-refractivity contribution in [3.05, 3.63) is 19.2 Å². The lowest BCUT2D eigenvalue weighted by molar-refractivity contribution is 0.0680. The van der Waals surface area contributed by atoms with E-state index in [0.29, 0.717) is 12.1 Å². The summed E-state index contributed by atoms with van der Waals surface area (Å²) >= 11 is 8.49. The van der Waals surface area contributed by atoms with Crippen molar-refractivity contribution in [2.45, 2.75) is 31.3 Å². The molecule has 18 heavy (non-hydrogen) atoms. The lowest BCUT2D eigenvalue weighted by Gasteiger charge is -2.27. The second-order valence-corrected chi connectivity index (χ2v) is 8.58. The van der Waals surface area contributed by atoms with E-state index >= 15 is 0 Å². The molecule has 0 aliphatic carbocycles. The molecule has 1 amide bonds. The summed E-state index contributed by atoms with van der Waals surface area (Å²) in [6.45, 7) is 1.96. The Labute approximate surface area is 127 Å². The number of carbonyl (C=O) groups is 1. The first kappa shape index (κ1) is 13.1. The molecule has 2 saturated heterocycles. The number of nitrogens with one attached hydrogen (secondary N) is 1. The Bertz CT molecular complexity index is 463. The predicted octanol–water partition coefficient (Wildman–Crippen LogP) is 3.24. The number of nitrogens with zero attached hydrogens (tertiary/aromatic N) is 1. The summed E-state index contributed by atoms with van der Waals surface area (Å²) in [4.78, 5) is 14.8. The zero-order valence-electron chi connectivity index (χ0n) is 9.79. The fourth-order valence-corrected chi connectivity index (χ4v) is 5.72. The van der Waals surface area contributed by atoms with Gasteiger partial charge in [-0.05, 0) is 63.7 Å². The maximum atomic E-state index is 12.7. The van der Waals surface area contributed by atoms with Crippen molar-refractivity contribution < 1.29 is 4.79 Å². The maximum absolute atomic E-state index is 12.7. The van der Waals surface area contributed by atoms with Gasteiger partial charge in [0.25, 0.3) is 5.91 Å². The summed E-state index contributed by atoms with van der Waals surface area (Å²) in [6, 6.07) is 2.72. The van der Waals surface area contributed by atoms with E-state index in [-0.39, 0.29) is 5.91 Å². The van der Waals surface area contributed by atoms with Gasteiger partial charge in [0.1, 0.15) is 0 Å². The molecule has 3 rings (SSSR count). The van der Waals surface area contributed by atoms with Crippen molar-refractivity contribution >= 4 is 49.1 Å². The summed E-state index contributed by atoms with van der Waals surface area (Å²) < 4.78 is 1.93. The Morgan fingerprint density at radius 1 is 1.33 bits per heavy atom. The van der Waals surface area contributed by atoms with Crippen LogP contribution in [0.3, 0.4) is 0 Å². The molecule has 98 valence electrons. The first-order chi connectivity index (χ1) is 8.66. The normalized spacial score (nSPS) is 27.3. The zero-order chi connectivity index (χ0) is 12.7. The molecule has 2 atom stereocenters. The number of rotatable bonds is 1. The van der Waals surface area contributed by atoms with Crippen LogP contribution in [0.2, 0.25) is 0 Å². The van der Waals surface area contributed by atoms with Gasteiger partial charge in [0, 0.05) is 18.6 Å². The molecule has 2 aliphatic heterocycles. The van der Waals surface area contributed by atoms with Crippen LogP contribution in [0, 0.1) is 0 Å². The van der Waals surface area contributed by atoms with Gasteiger partial charge < -0.3 is 10.2 Å². The van der Waals surface area contributed by atoms with Crippen molar-refractivity contribution in [3.63, 3.8) is 0 Å². The van der Waals surface area contributed by atoms with Crippen LogP contribution >= 0.6 is 43.2 Å². The molecule has 2 aliphatic rings. The highest BCUT2D eigenvalue weighted by molar-refractivity contribution is 9.12. The Hall–Kier alpha value is 0.0900. The van der Waals surface area contributed by atoms with Gasteiger partial charge in [-0.1, -0.05) is 0 Å². The third kappa shape index (κ3) is 2.28. The van der Waals surface area contributed by atoms with Gasteiger partial charge in [0.05, 0.1) is 13.1 Å². The molecule has 1 N–H and O–H groups in total. The van der Waals surface area contributed by atoms with Gasteiger partial charge in [-0.25, -0.2) is 0 Å². The SMILES string of the molecule is O=C(c1cc(Br)sc1Br)N1C2CCNCC1CC2. The molecule has 1 aromatic heterocycles. The van der Waals surface area contributed by atoms with Crippen molar-refractivity contribution in [2.75, 3.05) is 13.1 Å². The van der Waals surface area contributed by atoms with Crippen LogP contribution in [-0.2, 0) is 0 Å². The largest absolute Gasteiger partial charge is 0.331 e. The quantitative estimate of drug-likeness (QED) is 0.794. The number of halogens is 2. The number of fused-ring (bicyclic) bond motifs is 2. The number of hydrogen-bond acceptors (Lipinski definition) is 3. The fourth-order valence-electron chi connectivity index (χ4n) is 2.94. The Balaban J connectivity index is 1.90. The molecular formula is C12H14Br2N2OS. The summed E-state index contributed by atoms with van der Waals surface area (Å²) in [6.07, 6.45) is 3.36. The van der Waals surface area contributed by atoms with Gasteiger partial charge >= 0.3 is 0 Å². The van der Waals surface area contributed by atoms with Crippen molar-refractivity contribution in [1.82, 2.24) is 10.2 Å². The smallest absolute Gasteiger partial charge is 0.256 e. The molecule has 0 saturated carbocycles. The lowest BCUT2D eigenvalue weighted by atomic mass is 10.1. The first-order valence-corrected chi connectivity index (χ1v) is 8.55. The average Bonchev–Trinajstić information content (AvgIpc) is 2.76. The topological polar surface area (TPSA) is 32.3 Å². The van der Waals surface area contributed by atoms with Gasteiger partial charge in [-0.2, -0.15) is 0 Å². The Morgan fingerprint density at radius 2 is 2.11 bits per heavy atom. The highest BCUT2D eigenvalue weighted by Crippen LogP contribution is 2.36. The second kappa shape index (κ2) is 5.23. The van der Waals surface area contributed by atoms with E-state index in [1.807, 2.05) is 6.07 Å². The molecule has 0 aromatic carbocycles. The highest BCUT2D eigenvalue weighted by Gasteiger charge is 2.39. The van der Waals surface area contributed by atoms with Crippen molar-refractivity contribution in [2.24, 2.45) is 0 Å². The van der Waals surface area contributed by atoms with E-state index in [2.05, 4.69) is 42.1 Å². The first-order valence-electron chi connectivity index (χ1n) is 6.15. The Kier molecular flexibility index (Phi) is 3.80. The molecule has 3 nitrogen and oxygen atoms in total. The molecule has 0 spiro atoms. The van der Waals surface area contributed by atoms with E-state index in [4.69, 9.17) is 0 Å². The molecule has 2 fully saturated rings. The van der Waals surface area contributed by atoms with Gasteiger partial charge in [0.15, 0.2) is 0 Å². The molecule has 1 aromatic rings. The average molecular weight is 394 g/mol. The molecule has 0 radical (unpaired) electrons. The van der Waals surface area contributed by atoms with Crippen molar-refractivity contribution in [3.8, 4) is 0 Å². The van der Waals surface area contributed by atoms with Gasteiger partial charge in [0.2, 0.25) is 0 Å². The maximum Gasteiger partial charge on any atom is 0.256 e. The number of amides is 1. The van der Waals surface area contributed by atoms with Crippen LogP contribution in [-0.4, -0.2) is 36.0 Å². The van der Waals surface area contributed by atoms with Gasteiger partial charge in [-0.15, -0.1) is 11.3 Å². The van der Waals surface area contributed by atoms with E-state index in [9.17, 15) is 4.79 Å². The molecular weight excluding hydrogens is 380 g/mol. The predicted molar refractivity (Wildman–Crippen MR) is 80.2 cm³/mol. The summed E-state index contributed by atoms with van der Waals surface area (Å²) in [5.74, 6) is 0.181. The van der Waals surface area contributed by atoms with E-state index in [0.717, 1.165) is 45.5 Å². The van der Waals surface area contributed by atoms with E-state index in [1.54, 1.807) is 11.3 Å². The minimum absolute atomic E-state index is 0.181. The van der Waals surface area contributed by atoms with Crippen LogP contribution in [0.15, 0.2) is 13.6 Å². The summed E-state index contributed by atoms with van der Waals surface area (Å²) in [7, 11) is 0. The minimum Gasteiger partial charge on any atom is -0.331 e. The number of carbonyl (C=O) groups excluding carboxylic acids is 1. The zero-order valence-corrected chi connectivity index (χ0v) is 13.8. The Morgan fingerprint density at radius 3 is 2.83 bits per heavy atom. The third-order valence-electron chi connectivity index (χ3n) is 3.78. The van der Waals surface area contributed by atoms with Crippen LogP contribution in [0.5, 0.6) is 0 Å². The molecule has 6 heteroatoms. The molecule has 2 bridgehead atoms. The van der Waals surface area contributed by atoms with Crippen molar-refractivity contribution in [1.29, 1.82) is 0 Å². The van der Waals surface area contributed by atoms with E-state index in [1.165, 1.54) is 0 Å². The van der Waals surface area contributed by atoms with Crippen LogP contribution < -0.4 is 5.32 Å². The highest BCUT2D eigenvalue weighted by atomic mass is 79.9. The minimum atomic E-state index is 0.181. The summed E-state index contributed by atoms with van der Waals surface area (Å²) in [5, 5.41) is 3.42. The number of hydrogen-bond donors (Lipinski definition) is 1. The van der Waals surface area contributed by atoms with E-state index < -0.39 is 0 Å². The van der Waals surface area contributed by atoms with Crippen LogP contribution in [0.1, 0.15) is 29.6 Å². The lowest BCUT2D eigenvalue weighted by Crippen LogP contribution is -2.42.